The summed E-state index contributed by atoms with van der Waals surface area (Å²) in [5.41, 5.74) is 4.11. The van der Waals surface area contributed by atoms with Crippen molar-refractivity contribution >= 4 is 11.7 Å². The monoisotopic (exact) mass is 249 g/mol. The molecule has 4 nitrogen and oxygen atoms in total. The predicted molar refractivity (Wildman–Crippen MR) is 69.2 cm³/mol. The van der Waals surface area contributed by atoms with Crippen LogP contribution in [0.25, 0.3) is 0 Å². The van der Waals surface area contributed by atoms with E-state index in [0.29, 0.717) is 12.2 Å². The lowest BCUT2D eigenvalue weighted by molar-refractivity contribution is -0.133. The fourth-order valence-corrected chi connectivity index (χ4v) is 1.50. The van der Waals surface area contributed by atoms with E-state index in [1.165, 1.54) is 5.56 Å². The molecule has 1 amide bonds. The highest BCUT2D eigenvalue weighted by Crippen LogP contribution is 2.08. The number of carbonyl (C=O) groups is 2. The smallest absolute Gasteiger partial charge is 0.243 e. The van der Waals surface area contributed by atoms with Gasteiger partial charge in [-0.15, -0.1) is 0 Å². The molecule has 0 aliphatic heterocycles. The molecule has 0 aromatic heterocycles. The maximum atomic E-state index is 11.8. The van der Waals surface area contributed by atoms with Gasteiger partial charge in [0.1, 0.15) is 0 Å². The molecular weight excluding hydrogens is 230 g/mol. The van der Waals surface area contributed by atoms with E-state index in [0.717, 1.165) is 6.42 Å². The second-order valence-corrected chi connectivity index (χ2v) is 3.93. The van der Waals surface area contributed by atoms with Crippen LogP contribution in [0.2, 0.25) is 0 Å². The third-order valence-corrected chi connectivity index (χ3v) is 2.59. The van der Waals surface area contributed by atoms with Crippen LogP contribution >= 0.6 is 0 Å². The predicted octanol–water partition coefficient (Wildman–Crippen LogP) is 2.28. The molecule has 0 fully saturated rings. The molecule has 0 saturated heterocycles. The van der Waals surface area contributed by atoms with Gasteiger partial charge in [-0.2, -0.15) is 0 Å². The van der Waals surface area contributed by atoms with Gasteiger partial charge in [-0.3, -0.25) is 14.4 Å². The van der Waals surface area contributed by atoms with Gasteiger partial charge in [0.15, 0.2) is 5.78 Å². The number of aryl methyl sites for hydroxylation is 1. The number of rotatable bonds is 7. The summed E-state index contributed by atoms with van der Waals surface area (Å²) in [5, 5.41) is 0. The minimum absolute atomic E-state index is 0.0238. The van der Waals surface area contributed by atoms with E-state index in [-0.39, 0.29) is 24.5 Å². The van der Waals surface area contributed by atoms with E-state index < -0.39 is 0 Å². The second-order valence-electron chi connectivity index (χ2n) is 3.93. The molecule has 1 aromatic rings. The zero-order chi connectivity index (χ0) is 13.4. The van der Waals surface area contributed by atoms with Crippen LogP contribution in [-0.4, -0.2) is 18.3 Å². The average Bonchev–Trinajstić information content (AvgIpc) is 2.42. The Balaban J connectivity index is 2.42. The number of hydroxylamine groups is 1. The maximum Gasteiger partial charge on any atom is 0.243 e. The van der Waals surface area contributed by atoms with E-state index in [4.69, 9.17) is 4.84 Å². The molecule has 0 aliphatic carbocycles. The molecule has 0 aliphatic rings. The molecule has 0 heterocycles. The normalized spacial score (nSPS) is 10.1. The van der Waals surface area contributed by atoms with Crippen molar-refractivity contribution in [2.45, 2.75) is 33.1 Å². The van der Waals surface area contributed by atoms with Gasteiger partial charge in [-0.05, 0) is 18.9 Å². The highest BCUT2D eigenvalue weighted by molar-refractivity contribution is 5.97. The van der Waals surface area contributed by atoms with Crippen LogP contribution < -0.4 is 5.48 Å². The van der Waals surface area contributed by atoms with Gasteiger partial charge in [-0.1, -0.05) is 31.2 Å². The molecule has 0 saturated carbocycles. The number of nitrogens with one attached hydrogen (secondary N) is 1. The van der Waals surface area contributed by atoms with Gasteiger partial charge in [0, 0.05) is 18.4 Å². The lowest BCUT2D eigenvalue weighted by Crippen LogP contribution is -2.23. The van der Waals surface area contributed by atoms with Crippen molar-refractivity contribution in [1.29, 1.82) is 0 Å². The summed E-state index contributed by atoms with van der Waals surface area (Å²) < 4.78 is 0. The molecule has 0 spiro atoms. The molecule has 1 rings (SSSR count). The number of Topliss-reactive ketones (excluding diaryl/α,β-unsaturated/α-hetero) is 1. The Morgan fingerprint density at radius 1 is 1.11 bits per heavy atom. The van der Waals surface area contributed by atoms with Gasteiger partial charge in [0.2, 0.25) is 5.91 Å². The Hall–Kier alpha value is -1.68. The molecule has 1 N–H and O–H groups in total. The molecule has 98 valence electrons. The lowest BCUT2D eigenvalue weighted by Gasteiger charge is -2.04. The largest absolute Gasteiger partial charge is 0.294 e. The number of benzene rings is 1. The van der Waals surface area contributed by atoms with Crippen LogP contribution in [0.5, 0.6) is 0 Å². The van der Waals surface area contributed by atoms with Crippen molar-refractivity contribution in [3.8, 4) is 0 Å². The minimum atomic E-state index is -0.268. The molecule has 4 heteroatoms. The van der Waals surface area contributed by atoms with Crippen LogP contribution in [0.4, 0.5) is 0 Å². The maximum absolute atomic E-state index is 11.8. The third kappa shape index (κ3) is 4.67. The van der Waals surface area contributed by atoms with E-state index in [1.54, 1.807) is 6.92 Å². The van der Waals surface area contributed by atoms with Crippen molar-refractivity contribution in [2.24, 2.45) is 0 Å². The van der Waals surface area contributed by atoms with E-state index in [9.17, 15) is 9.59 Å². The van der Waals surface area contributed by atoms with Crippen molar-refractivity contribution in [3.63, 3.8) is 0 Å². The van der Waals surface area contributed by atoms with Crippen LogP contribution in [0.3, 0.4) is 0 Å². The SMILES string of the molecule is CCONC(=O)CCC(=O)c1ccc(CC)cc1. The Bertz CT molecular complexity index is 398. The topological polar surface area (TPSA) is 55.4 Å². The molecule has 1 aromatic carbocycles. The first-order valence-corrected chi connectivity index (χ1v) is 6.20. The summed E-state index contributed by atoms with van der Waals surface area (Å²) in [6.07, 6.45) is 1.30. The lowest BCUT2D eigenvalue weighted by atomic mass is 10.0. The van der Waals surface area contributed by atoms with E-state index >= 15 is 0 Å². The fourth-order valence-electron chi connectivity index (χ4n) is 1.50. The van der Waals surface area contributed by atoms with Crippen molar-refractivity contribution in [1.82, 2.24) is 5.48 Å². The summed E-state index contributed by atoms with van der Waals surface area (Å²) in [5.74, 6) is -0.292. The fraction of sp³-hybridized carbons (Fsp3) is 0.429. The van der Waals surface area contributed by atoms with Crippen LogP contribution in [0, 0.1) is 0 Å². The Morgan fingerprint density at radius 3 is 2.33 bits per heavy atom. The summed E-state index contributed by atoms with van der Waals surface area (Å²) in [6, 6.07) is 7.49. The molecule has 0 atom stereocenters. The van der Waals surface area contributed by atoms with Gasteiger partial charge in [0.25, 0.3) is 0 Å². The van der Waals surface area contributed by atoms with Gasteiger partial charge in [-0.25, -0.2) is 5.48 Å². The van der Waals surface area contributed by atoms with Crippen LogP contribution in [0.1, 0.15) is 42.6 Å². The Labute approximate surface area is 107 Å². The van der Waals surface area contributed by atoms with Gasteiger partial charge >= 0.3 is 0 Å². The standard InChI is InChI=1S/C14H19NO3/c1-3-11-5-7-12(8-6-11)13(16)9-10-14(17)15-18-4-2/h5-8H,3-4,9-10H2,1-2H3,(H,15,17). The zero-order valence-corrected chi connectivity index (χ0v) is 10.9. The number of carbonyl (C=O) groups excluding carboxylic acids is 2. The number of hydrogen-bond acceptors (Lipinski definition) is 3. The summed E-state index contributed by atoms with van der Waals surface area (Å²) >= 11 is 0. The summed E-state index contributed by atoms with van der Waals surface area (Å²) in [6.45, 7) is 4.26. The van der Waals surface area contributed by atoms with Gasteiger partial charge in [0.05, 0.1) is 6.61 Å². The van der Waals surface area contributed by atoms with E-state index in [1.807, 2.05) is 24.3 Å². The van der Waals surface area contributed by atoms with Crippen LogP contribution in [0.15, 0.2) is 24.3 Å². The van der Waals surface area contributed by atoms with Crippen molar-refractivity contribution in [3.05, 3.63) is 35.4 Å². The third-order valence-electron chi connectivity index (χ3n) is 2.59. The zero-order valence-electron chi connectivity index (χ0n) is 10.9. The van der Waals surface area contributed by atoms with E-state index in [2.05, 4.69) is 12.4 Å². The first-order chi connectivity index (χ1) is 8.67. The average molecular weight is 249 g/mol. The summed E-state index contributed by atoms with van der Waals surface area (Å²) in [7, 11) is 0. The number of amides is 1. The second kappa shape index (κ2) is 7.61. The summed E-state index contributed by atoms with van der Waals surface area (Å²) in [4.78, 5) is 27.8. The highest BCUT2D eigenvalue weighted by Gasteiger charge is 2.09. The molecule has 18 heavy (non-hydrogen) atoms. The highest BCUT2D eigenvalue weighted by atomic mass is 16.6. The quantitative estimate of drug-likeness (QED) is 0.596. The number of ketones is 1. The molecule has 0 radical (unpaired) electrons. The molecule has 0 unspecified atom stereocenters. The Kier molecular flexibility index (Phi) is 6.08. The van der Waals surface area contributed by atoms with Crippen molar-refractivity contribution < 1.29 is 14.4 Å². The number of hydrogen-bond donors (Lipinski definition) is 1. The van der Waals surface area contributed by atoms with Crippen LogP contribution in [-0.2, 0) is 16.1 Å². The molecular formula is C14H19NO3. The first kappa shape index (κ1) is 14.4. The first-order valence-electron chi connectivity index (χ1n) is 6.20. The molecule has 0 bridgehead atoms. The Morgan fingerprint density at radius 2 is 1.78 bits per heavy atom. The van der Waals surface area contributed by atoms with Gasteiger partial charge < -0.3 is 0 Å². The van der Waals surface area contributed by atoms with Crippen molar-refractivity contribution in [2.75, 3.05) is 6.61 Å². The minimum Gasteiger partial charge on any atom is -0.294 e.